The lowest BCUT2D eigenvalue weighted by Crippen LogP contribution is -2.23. The Kier molecular flexibility index (Phi) is 4.81. The molecule has 0 unspecified atom stereocenters. The van der Waals surface area contributed by atoms with Gasteiger partial charge >= 0.3 is 0 Å². The summed E-state index contributed by atoms with van der Waals surface area (Å²) in [4.78, 5) is 18.8. The Morgan fingerprint density at radius 3 is 3.00 bits per heavy atom. The van der Waals surface area contributed by atoms with Crippen LogP contribution in [0.15, 0.2) is 48.8 Å². The van der Waals surface area contributed by atoms with E-state index in [0.29, 0.717) is 6.54 Å². The van der Waals surface area contributed by atoms with E-state index in [-0.39, 0.29) is 5.91 Å². The van der Waals surface area contributed by atoms with E-state index in [1.165, 1.54) is 15.8 Å². The fourth-order valence-corrected chi connectivity index (χ4v) is 4.17. The fourth-order valence-electron chi connectivity index (χ4n) is 3.29. The van der Waals surface area contributed by atoms with Gasteiger partial charge in [0.15, 0.2) is 4.96 Å². The van der Waals surface area contributed by atoms with E-state index >= 15 is 0 Å². The van der Waals surface area contributed by atoms with Gasteiger partial charge in [-0.05, 0) is 43.9 Å². The van der Waals surface area contributed by atoms with Crippen LogP contribution in [-0.4, -0.2) is 26.4 Å². The highest BCUT2D eigenvalue weighted by Gasteiger charge is 2.08. The number of nitrogens with one attached hydrogen (secondary N) is 1. The van der Waals surface area contributed by atoms with Crippen LogP contribution >= 0.6 is 11.3 Å². The highest BCUT2D eigenvalue weighted by Crippen LogP contribution is 2.21. The molecule has 5 nitrogen and oxygen atoms in total. The Labute approximate surface area is 162 Å². The third kappa shape index (κ3) is 3.66. The SMILES string of the molecule is Cc1cn2c(/C=C/C(=O)NCCCn3ccc4ccccc43)c(C)nc2s1. The van der Waals surface area contributed by atoms with Gasteiger partial charge in [-0.25, -0.2) is 4.98 Å². The first kappa shape index (κ1) is 17.5. The lowest BCUT2D eigenvalue weighted by Gasteiger charge is -2.06. The van der Waals surface area contributed by atoms with Crippen LogP contribution in [0.2, 0.25) is 0 Å². The molecule has 0 aliphatic carbocycles. The largest absolute Gasteiger partial charge is 0.352 e. The van der Waals surface area contributed by atoms with Crippen molar-refractivity contribution in [2.45, 2.75) is 26.8 Å². The number of fused-ring (bicyclic) bond motifs is 2. The molecule has 3 heterocycles. The van der Waals surface area contributed by atoms with Crippen LogP contribution < -0.4 is 5.32 Å². The number of aryl methyl sites for hydroxylation is 3. The Bertz CT molecular complexity index is 1130. The Morgan fingerprint density at radius 2 is 2.11 bits per heavy atom. The second-order valence-electron chi connectivity index (χ2n) is 6.62. The summed E-state index contributed by atoms with van der Waals surface area (Å²) in [5, 5.41) is 4.21. The predicted octanol–water partition coefficient (Wildman–Crippen LogP) is 4.19. The van der Waals surface area contributed by atoms with Crippen molar-refractivity contribution in [1.29, 1.82) is 0 Å². The van der Waals surface area contributed by atoms with E-state index in [0.717, 1.165) is 29.3 Å². The topological polar surface area (TPSA) is 51.3 Å². The molecular formula is C21H22N4OS. The van der Waals surface area contributed by atoms with Gasteiger partial charge in [-0.1, -0.05) is 18.2 Å². The molecule has 1 N–H and O–H groups in total. The van der Waals surface area contributed by atoms with Crippen LogP contribution in [0.4, 0.5) is 0 Å². The molecule has 6 heteroatoms. The van der Waals surface area contributed by atoms with E-state index in [2.05, 4.69) is 58.5 Å². The molecule has 0 saturated carbocycles. The standard InChI is InChI=1S/C21H22N4OS/c1-15-14-25-18(16(2)23-21(25)27-15)8-9-20(26)22-11-5-12-24-13-10-17-6-3-4-7-19(17)24/h3-4,6-10,13-14H,5,11-12H2,1-2H3,(H,22,26)/b9-8+. The summed E-state index contributed by atoms with van der Waals surface area (Å²) in [5.41, 5.74) is 3.13. The van der Waals surface area contributed by atoms with E-state index in [4.69, 9.17) is 0 Å². The normalized spacial score (nSPS) is 11.8. The number of carbonyl (C=O) groups excluding carboxylic acids is 1. The minimum atomic E-state index is -0.0753. The maximum absolute atomic E-state index is 12.1. The molecule has 27 heavy (non-hydrogen) atoms. The highest BCUT2D eigenvalue weighted by molar-refractivity contribution is 7.17. The molecule has 0 aliphatic heterocycles. The van der Waals surface area contributed by atoms with Crippen LogP contribution in [0.1, 0.15) is 22.7 Å². The van der Waals surface area contributed by atoms with Crippen LogP contribution in [0.3, 0.4) is 0 Å². The third-order valence-corrected chi connectivity index (χ3v) is 5.51. The van der Waals surface area contributed by atoms with Crippen LogP contribution in [0, 0.1) is 13.8 Å². The van der Waals surface area contributed by atoms with Gasteiger partial charge < -0.3 is 9.88 Å². The molecule has 0 bridgehead atoms. The van der Waals surface area contributed by atoms with Gasteiger partial charge in [0, 0.05) is 42.0 Å². The van der Waals surface area contributed by atoms with Crippen LogP contribution in [0.25, 0.3) is 21.9 Å². The first-order valence-electron chi connectivity index (χ1n) is 9.07. The number of amides is 1. The van der Waals surface area contributed by atoms with Gasteiger partial charge in [0.25, 0.3) is 0 Å². The zero-order chi connectivity index (χ0) is 18.8. The van der Waals surface area contributed by atoms with Gasteiger partial charge in [-0.3, -0.25) is 9.20 Å². The van der Waals surface area contributed by atoms with Crippen molar-refractivity contribution in [2.24, 2.45) is 0 Å². The summed E-state index contributed by atoms with van der Waals surface area (Å²) in [5.74, 6) is -0.0753. The van der Waals surface area contributed by atoms with E-state index < -0.39 is 0 Å². The number of nitrogens with zero attached hydrogens (tertiary/aromatic N) is 3. The lowest BCUT2D eigenvalue weighted by atomic mass is 10.2. The molecule has 4 rings (SSSR count). The predicted molar refractivity (Wildman–Crippen MR) is 111 cm³/mol. The van der Waals surface area contributed by atoms with Crippen LogP contribution in [0.5, 0.6) is 0 Å². The summed E-state index contributed by atoms with van der Waals surface area (Å²) in [6.07, 6.45) is 8.48. The average Bonchev–Trinajstić information content (AvgIpc) is 3.30. The van der Waals surface area contributed by atoms with E-state index in [1.807, 2.05) is 23.5 Å². The maximum atomic E-state index is 12.1. The number of aromatic nitrogens is 3. The number of imidazole rings is 1. The number of carbonyl (C=O) groups is 1. The van der Waals surface area contributed by atoms with Gasteiger partial charge in [-0.2, -0.15) is 0 Å². The third-order valence-electron chi connectivity index (χ3n) is 4.61. The first-order chi connectivity index (χ1) is 13.1. The van der Waals surface area contributed by atoms with E-state index in [9.17, 15) is 4.79 Å². The molecule has 0 saturated heterocycles. The van der Waals surface area contributed by atoms with Gasteiger partial charge in [0.1, 0.15) is 0 Å². The zero-order valence-electron chi connectivity index (χ0n) is 15.5. The smallest absolute Gasteiger partial charge is 0.244 e. The second kappa shape index (κ2) is 7.40. The molecule has 0 spiro atoms. The summed E-state index contributed by atoms with van der Waals surface area (Å²) in [6, 6.07) is 10.5. The van der Waals surface area contributed by atoms with Crippen LogP contribution in [-0.2, 0) is 11.3 Å². The average molecular weight is 379 g/mol. The fraction of sp³-hybridized carbons (Fsp3) is 0.238. The van der Waals surface area contributed by atoms with E-state index in [1.54, 1.807) is 17.4 Å². The first-order valence-corrected chi connectivity index (χ1v) is 9.88. The van der Waals surface area contributed by atoms with Crippen molar-refractivity contribution >= 4 is 39.2 Å². The van der Waals surface area contributed by atoms with Gasteiger partial charge in [-0.15, -0.1) is 11.3 Å². The quantitative estimate of drug-likeness (QED) is 0.404. The summed E-state index contributed by atoms with van der Waals surface area (Å²) < 4.78 is 4.26. The van der Waals surface area contributed by atoms with Crippen molar-refractivity contribution in [1.82, 2.24) is 19.3 Å². The van der Waals surface area contributed by atoms with Gasteiger partial charge in [0.2, 0.25) is 5.91 Å². The molecule has 3 aromatic heterocycles. The number of hydrogen-bond donors (Lipinski definition) is 1. The molecule has 0 aliphatic rings. The van der Waals surface area contributed by atoms with Crippen molar-refractivity contribution in [3.8, 4) is 0 Å². The van der Waals surface area contributed by atoms with Crippen molar-refractivity contribution in [2.75, 3.05) is 6.54 Å². The van der Waals surface area contributed by atoms with Crippen molar-refractivity contribution < 1.29 is 4.79 Å². The molecule has 4 aromatic rings. The molecule has 0 radical (unpaired) electrons. The molecular weight excluding hydrogens is 356 g/mol. The molecule has 0 atom stereocenters. The molecule has 1 amide bonds. The number of thiazole rings is 1. The zero-order valence-corrected chi connectivity index (χ0v) is 16.3. The molecule has 1 aromatic carbocycles. The molecule has 0 fully saturated rings. The van der Waals surface area contributed by atoms with Crippen molar-refractivity contribution in [3.05, 3.63) is 65.1 Å². The minimum Gasteiger partial charge on any atom is -0.352 e. The Hall–Kier alpha value is -2.86. The number of benzene rings is 1. The van der Waals surface area contributed by atoms with Crippen molar-refractivity contribution in [3.63, 3.8) is 0 Å². The summed E-state index contributed by atoms with van der Waals surface area (Å²) >= 11 is 1.65. The second-order valence-corrected chi connectivity index (χ2v) is 7.84. The summed E-state index contributed by atoms with van der Waals surface area (Å²) in [6.45, 7) is 5.55. The summed E-state index contributed by atoms with van der Waals surface area (Å²) in [7, 11) is 0. The number of rotatable bonds is 6. The maximum Gasteiger partial charge on any atom is 0.244 e. The number of para-hydroxylation sites is 1. The number of hydrogen-bond acceptors (Lipinski definition) is 3. The molecule has 138 valence electrons. The highest BCUT2D eigenvalue weighted by atomic mass is 32.1. The monoisotopic (exact) mass is 378 g/mol. The lowest BCUT2D eigenvalue weighted by molar-refractivity contribution is -0.116. The Balaban J connectivity index is 1.31. The minimum absolute atomic E-state index is 0.0753. The Morgan fingerprint density at radius 1 is 1.26 bits per heavy atom. The van der Waals surface area contributed by atoms with Gasteiger partial charge in [0.05, 0.1) is 11.4 Å².